The first kappa shape index (κ1) is 19.8. The Morgan fingerprint density at radius 1 is 1.19 bits per heavy atom. The highest BCUT2D eigenvalue weighted by Crippen LogP contribution is 2.40. The van der Waals surface area contributed by atoms with Crippen LogP contribution in [0.25, 0.3) is 11.1 Å². The van der Waals surface area contributed by atoms with Crippen molar-refractivity contribution in [2.24, 2.45) is 5.92 Å². The molecule has 0 atom stereocenters. The number of benzene rings is 1. The fraction of sp³-hybridized carbons (Fsp3) is 0.429. The largest absolute Gasteiger partial charge is 0.465 e. The van der Waals surface area contributed by atoms with Gasteiger partial charge in [0.15, 0.2) is 5.11 Å². The maximum Gasteiger partial charge on any atom is 0.341 e. The summed E-state index contributed by atoms with van der Waals surface area (Å²) in [6.45, 7) is 4.32. The standard InChI is InChI=1S/C21H26N2O2S2/c1-13-9-11-16(12-10-13)22-21(26)23-19-18(20(24)25-3)17(14(2)27-19)15-7-5-4-6-8-15/h4-8,13,16H,9-12H2,1-3H3,(H2,22,23,26). The molecule has 4 nitrogen and oxygen atoms in total. The predicted octanol–water partition coefficient (Wildman–Crippen LogP) is 5.38. The Morgan fingerprint density at radius 2 is 1.85 bits per heavy atom. The fourth-order valence-electron chi connectivity index (χ4n) is 3.61. The molecule has 1 aliphatic carbocycles. The monoisotopic (exact) mass is 402 g/mol. The van der Waals surface area contributed by atoms with Crippen molar-refractivity contribution in [1.82, 2.24) is 5.32 Å². The summed E-state index contributed by atoms with van der Waals surface area (Å²) in [5.41, 5.74) is 2.46. The van der Waals surface area contributed by atoms with E-state index in [9.17, 15) is 4.79 Å². The Morgan fingerprint density at radius 3 is 2.48 bits per heavy atom. The summed E-state index contributed by atoms with van der Waals surface area (Å²) >= 11 is 7.06. The molecule has 1 aromatic carbocycles. The number of methoxy groups -OCH3 is 1. The van der Waals surface area contributed by atoms with E-state index in [4.69, 9.17) is 17.0 Å². The summed E-state index contributed by atoms with van der Waals surface area (Å²) < 4.78 is 5.06. The first-order chi connectivity index (χ1) is 13.0. The third-order valence-corrected chi connectivity index (χ3v) is 6.35. The van der Waals surface area contributed by atoms with Gasteiger partial charge >= 0.3 is 5.97 Å². The average Bonchev–Trinajstić information content (AvgIpc) is 2.99. The third-order valence-electron chi connectivity index (χ3n) is 5.11. The van der Waals surface area contributed by atoms with Crippen LogP contribution in [0.3, 0.4) is 0 Å². The van der Waals surface area contributed by atoms with E-state index in [2.05, 4.69) is 17.6 Å². The second-order valence-corrected chi connectivity index (χ2v) is 8.78. The molecule has 1 saturated carbocycles. The minimum Gasteiger partial charge on any atom is -0.465 e. The van der Waals surface area contributed by atoms with E-state index in [-0.39, 0.29) is 5.97 Å². The number of anilines is 1. The summed E-state index contributed by atoms with van der Waals surface area (Å²) in [5.74, 6) is 0.443. The van der Waals surface area contributed by atoms with Crippen LogP contribution in [0.1, 0.15) is 47.8 Å². The molecule has 1 fully saturated rings. The molecule has 27 heavy (non-hydrogen) atoms. The number of thiophene rings is 1. The van der Waals surface area contributed by atoms with Crippen LogP contribution in [0.15, 0.2) is 30.3 Å². The Kier molecular flexibility index (Phi) is 6.50. The molecule has 0 bridgehead atoms. The Balaban J connectivity index is 1.83. The third kappa shape index (κ3) is 4.68. The minimum atomic E-state index is -0.352. The smallest absolute Gasteiger partial charge is 0.341 e. The average molecular weight is 403 g/mol. The van der Waals surface area contributed by atoms with Gasteiger partial charge in [0.2, 0.25) is 0 Å². The number of esters is 1. The molecule has 1 aromatic heterocycles. The zero-order valence-electron chi connectivity index (χ0n) is 16.0. The number of ether oxygens (including phenoxy) is 1. The Bertz CT molecular complexity index is 809. The molecule has 2 aromatic rings. The van der Waals surface area contributed by atoms with Crippen molar-refractivity contribution in [1.29, 1.82) is 0 Å². The minimum absolute atomic E-state index is 0.352. The lowest BCUT2D eigenvalue weighted by atomic mass is 9.87. The van der Waals surface area contributed by atoms with E-state index in [1.807, 2.05) is 37.3 Å². The van der Waals surface area contributed by atoms with Crippen LogP contribution in [0.5, 0.6) is 0 Å². The van der Waals surface area contributed by atoms with E-state index in [1.165, 1.54) is 31.3 Å². The maximum atomic E-state index is 12.5. The lowest BCUT2D eigenvalue weighted by molar-refractivity contribution is 0.0603. The number of hydrogen-bond acceptors (Lipinski definition) is 4. The zero-order chi connectivity index (χ0) is 19.4. The maximum absolute atomic E-state index is 12.5. The summed E-state index contributed by atoms with van der Waals surface area (Å²) in [7, 11) is 1.41. The summed E-state index contributed by atoms with van der Waals surface area (Å²) in [6, 6.07) is 10.3. The van der Waals surface area contributed by atoms with Crippen molar-refractivity contribution in [3.63, 3.8) is 0 Å². The summed E-state index contributed by atoms with van der Waals surface area (Å²) in [5, 5.41) is 7.97. The predicted molar refractivity (Wildman–Crippen MR) is 117 cm³/mol. The molecular weight excluding hydrogens is 376 g/mol. The first-order valence-corrected chi connectivity index (χ1v) is 10.6. The molecule has 0 spiro atoms. The van der Waals surface area contributed by atoms with Crippen LogP contribution >= 0.6 is 23.6 Å². The van der Waals surface area contributed by atoms with E-state index < -0.39 is 0 Å². The van der Waals surface area contributed by atoms with Gasteiger partial charge in [0.25, 0.3) is 0 Å². The molecule has 3 rings (SSSR count). The number of thiocarbonyl (C=S) groups is 1. The first-order valence-electron chi connectivity index (χ1n) is 9.34. The molecule has 144 valence electrons. The fourth-order valence-corrected chi connectivity index (χ4v) is 5.01. The van der Waals surface area contributed by atoms with Gasteiger partial charge in [0.1, 0.15) is 10.6 Å². The highest BCUT2D eigenvalue weighted by Gasteiger charge is 2.25. The second kappa shape index (κ2) is 8.85. The van der Waals surface area contributed by atoms with Gasteiger partial charge in [-0.25, -0.2) is 4.79 Å². The van der Waals surface area contributed by atoms with Gasteiger partial charge < -0.3 is 15.4 Å². The topological polar surface area (TPSA) is 50.4 Å². The van der Waals surface area contributed by atoms with Crippen LogP contribution < -0.4 is 10.6 Å². The number of rotatable bonds is 4. The van der Waals surface area contributed by atoms with E-state index in [0.717, 1.165) is 39.8 Å². The number of carbonyl (C=O) groups excluding carboxylic acids is 1. The number of aryl methyl sites for hydroxylation is 1. The summed E-state index contributed by atoms with van der Waals surface area (Å²) in [6.07, 6.45) is 4.71. The van der Waals surface area contributed by atoms with Crippen molar-refractivity contribution in [3.05, 3.63) is 40.8 Å². The van der Waals surface area contributed by atoms with E-state index in [1.54, 1.807) is 0 Å². The van der Waals surface area contributed by atoms with Gasteiger partial charge in [0, 0.05) is 16.5 Å². The van der Waals surface area contributed by atoms with Gasteiger partial charge in [-0.1, -0.05) is 37.3 Å². The molecule has 0 unspecified atom stereocenters. The lowest BCUT2D eigenvalue weighted by Gasteiger charge is -2.28. The highest BCUT2D eigenvalue weighted by atomic mass is 32.1. The van der Waals surface area contributed by atoms with Crippen molar-refractivity contribution in [2.45, 2.75) is 45.6 Å². The van der Waals surface area contributed by atoms with Gasteiger partial charge in [-0.15, -0.1) is 11.3 Å². The number of nitrogens with one attached hydrogen (secondary N) is 2. The molecule has 0 aliphatic heterocycles. The van der Waals surface area contributed by atoms with Crippen LogP contribution in [0, 0.1) is 12.8 Å². The van der Waals surface area contributed by atoms with E-state index in [0.29, 0.717) is 16.7 Å². The Labute approximate surface area is 170 Å². The van der Waals surface area contributed by atoms with Crippen LogP contribution in [-0.4, -0.2) is 24.2 Å². The molecular formula is C21H26N2O2S2. The molecule has 0 amide bonds. The van der Waals surface area contributed by atoms with Gasteiger partial charge in [-0.3, -0.25) is 0 Å². The lowest BCUT2D eigenvalue weighted by Crippen LogP contribution is -2.39. The summed E-state index contributed by atoms with van der Waals surface area (Å²) in [4.78, 5) is 13.6. The zero-order valence-corrected chi connectivity index (χ0v) is 17.6. The van der Waals surface area contributed by atoms with Crippen molar-refractivity contribution in [2.75, 3.05) is 12.4 Å². The van der Waals surface area contributed by atoms with Crippen LogP contribution in [0.4, 0.5) is 5.00 Å². The highest BCUT2D eigenvalue weighted by molar-refractivity contribution is 7.80. The van der Waals surface area contributed by atoms with Gasteiger partial charge in [0.05, 0.1) is 7.11 Å². The Hall–Kier alpha value is -1.92. The second-order valence-electron chi connectivity index (χ2n) is 7.15. The SMILES string of the molecule is COC(=O)c1c(NC(=S)NC2CCC(C)CC2)sc(C)c1-c1ccccc1. The normalized spacial score (nSPS) is 19.4. The van der Waals surface area contributed by atoms with Crippen molar-refractivity contribution >= 4 is 39.6 Å². The molecule has 6 heteroatoms. The van der Waals surface area contributed by atoms with Gasteiger partial charge in [-0.05, 0) is 56.3 Å². The molecule has 1 heterocycles. The number of hydrogen-bond donors (Lipinski definition) is 2. The van der Waals surface area contributed by atoms with Crippen LogP contribution in [0.2, 0.25) is 0 Å². The van der Waals surface area contributed by atoms with E-state index >= 15 is 0 Å². The number of carbonyl (C=O) groups is 1. The van der Waals surface area contributed by atoms with Gasteiger partial charge in [-0.2, -0.15) is 0 Å². The quantitative estimate of drug-likeness (QED) is 0.531. The van der Waals surface area contributed by atoms with Crippen molar-refractivity contribution in [3.8, 4) is 11.1 Å². The molecule has 2 N–H and O–H groups in total. The molecule has 0 radical (unpaired) electrons. The molecule has 1 aliphatic rings. The molecule has 0 saturated heterocycles. The van der Waals surface area contributed by atoms with Crippen LogP contribution in [-0.2, 0) is 4.74 Å². The van der Waals surface area contributed by atoms with Crippen molar-refractivity contribution < 1.29 is 9.53 Å².